The largest absolute Gasteiger partial charge is 0.480 e. The number of hydrogen-bond acceptors (Lipinski definition) is 5. The highest BCUT2D eigenvalue weighted by Crippen LogP contribution is 2.39. The monoisotopic (exact) mass is 654 g/mol. The maximum Gasteiger partial charge on any atom is 0.401 e. The summed E-state index contributed by atoms with van der Waals surface area (Å²) in [6.07, 6.45) is -2.81. The first-order chi connectivity index (χ1) is 21.2. The molecule has 45 heavy (non-hydrogen) atoms. The van der Waals surface area contributed by atoms with Gasteiger partial charge in [-0.05, 0) is 119 Å². The molecule has 2 aromatic rings. The number of halogens is 5. The first-order valence-corrected chi connectivity index (χ1v) is 16.3. The van der Waals surface area contributed by atoms with Gasteiger partial charge in [-0.3, -0.25) is 24.4 Å². The molecule has 2 aliphatic heterocycles. The minimum Gasteiger partial charge on any atom is -0.480 e. The van der Waals surface area contributed by atoms with Crippen molar-refractivity contribution in [1.29, 1.82) is 0 Å². The van der Waals surface area contributed by atoms with Gasteiger partial charge in [0.2, 0.25) is 0 Å². The van der Waals surface area contributed by atoms with E-state index in [1.54, 1.807) is 20.0 Å². The molecule has 2 aromatic carbocycles. The third kappa shape index (κ3) is 8.98. The van der Waals surface area contributed by atoms with Crippen LogP contribution in [-0.2, 0) is 4.79 Å². The van der Waals surface area contributed by atoms with E-state index in [1.807, 2.05) is 23.1 Å². The summed E-state index contributed by atoms with van der Waals surface area (Å²) in [5.74, 6) is -1.70. The van der Waals surface area contributed by atoms with Crippen LogP contribution in [-0.4, -0.2) is 102 Å². The second kappa shape index (κ2) is 15.1. The zero-order chi connectivity index (χ0) is 33.1. The summed E-state index contributed by atoms with van der Waals surface area (Å²) in [7, 11) is 1.78. The van der Waals surface area contributed by atoms with Crippen molar-refractivity contribution >= 4 is 17.6 Å². The topological polar surface area (TPSA) is 50.3 Å². The van der Waals surface area contributed by atoms with Crippen LogP contribution in [0.25, 0.3) is 0 Å². The Morgan fingerprint density at radius 3 is 2.20 bits per heavy atom. The molecule has 11 heteroatoms. The van der Waals surface area contributed by atoms with Crippen LogP contribution in [0.5, 0.6) is 0 Å². The second-order valence-electron chi connectivity index (χ2n) is 13.0. The van der Waals surface area contributed by atoms with E-state index in [4.69, 9.17) is 11.6 Å². The molecule has 2 heterocycles. The number of piperidine rings is 1. The molecule has 4 rings (SSSR count). The lowest BCUT2D eigenvalue weighted by atomic mass is 9.81. The molecule has 2 aliphatic rings. The van der Waals surface area contributed by atoms with Gasteiger partial charge in [0.15, 0.2) is 0 Å². The summed E-state index contributed by atoms with van der Waals surface area (Å²) in [5.41, 5.74) is 3.76. The van der Waals surface area contributed by atoms with E-state index in [9.17, 15) is 27.5 Å². The first-order valence-electron chi connectivity index (χ1n) is 15.9. The molecule has 0 aliphatic carbocycles. The number of carboxylic acids is 1. The minimum absolute atomic E-state index is 0.0299. The number of hydrogen-bond donors (Lipinski definition) is 1. The molecule has 0 unspecified atom stereocenters. The molecule has 250 valence electrons. The number of piperazine rings is 1. The van der Waals surface area contributed by atoms with Crippen LogP contribution in [0.2, 0.25) is 5.02 Å². The highest BCUT2D eigenvalue weighted by Gasteiger charge is 2.36. The highest BCUT2D eigenvalue weighted by molar-refractivity contribution is 6.30. The van der Waals surface area contributed by atoms with Gasteiger partial charge in [0, 0.05) is 49.8 Å². The van der Waals surface area contributed by atoms with Crippen molar-refractivity contribution in [1.82, 2.24) is 19.6 Å². The molecule has 0 radical (unpaired) electrons. The summed E-state index contributed by atoms with van der Waals surface area (Å²) in [6, 6.07) is 8.23. The zero-order valence-electron chi connectivity index (χ0n) is 27.0. The van der Waals surface area contributed by atoms with Gasteiger partial charge in [0.1, 0.15) is 11.9 Å². The normalized spacial score (nSPS) is 19.4. The quantitative estimate of drug-likeness (QED) is 0.262. The maximum absolute atomic E-state index is 14.9. The van der Waals surface area contributed by atoms with Gasteiger partial charge in [0.25, 0.3) is 0 Å². The SMILES string of the molecule is Cc1ccc(Cl)cc1[C@H](CCN(C)[C@H](C(=O)O)c1ccc(F)c(C)c1C1CCN(CC(F)(F)F)CC1)N1CCN(C(C)C)CC1. The maximum atomic E-state index is 14.9. The van der Waals surface area contributed by atoms with Crippen molar-refractivity contribution < 1.29 is 27.5 Å². The summed E-state index contributed by atoms with van der Waals surface area (Å²) >= 11 is 6.45. The number of aliphatic carboxylic acids is 1. The van der Waals surface area contributed by atoms with Gasteiger partial charge in [-0.2, -0.15) is 13.2 Å². The molecule has 0 amide bonds. The van der Waals surface area contributed by atoms with Crippen LogP contribution in [0.4, 0.5) is 17.6 Å². The number of rotatable bonds is 11. The Kier molecular flexibility index (Phi) is 12.0. The van der Waals surface area contributed by atoms with Crippen LogP contribution >= 0.6 is 11.6 Å². The van der Waals surface area contributed by atoms with Crippen molar-refractivity contribution in [2.75, 3.05) is 59.4 Å². The van der Waals surface area contributed by atoms with Gasteiger partial charge < -0.3 is 5.11 Å². The predicted octanol–water partition coefficient (Wildman–Crippen LogP) is 7.05. The van der Waals surface area contributed by atoms with Crippen molar-refractivity contribution in [2.45, 2.75) is 77.2 Å². The number of nitrogens with zero attached hydrogens (tertiary/aromatic N) is 4. The van der Waals surface area contributed by atoms with Crippen LogP contribution in [0.3, 0.4) is 0 Å². The molecule has 6 nitrogen and oxygen atoms in total. The summed E-state index contributed by atoms with van der Waals surface area (Å²) < 4.78 is 53.9. The number of carboxylic acid groups (broad SMARTS) is 1. The molecule has 0 saturated carbocycles. The molecule has 2 atom stereocenters. The van der Waals surface area contributed by atoms with E-state index in [1.165, 1.54) is 11.0 Å². The number of likely N-dealkylation sites (tertiary alicyclic amines) is 1. The lowest BCUT2D eigenvalue weighted by Crippen LogP contribution is -2.50. The first kappa shape index (κ1) is 35.6. The standard InChI is InChI=1S/C34H47ClF4N4O2/c1-22(2)42-16-18-43(19-17-42)30(28-20-26(35)7-6-23(28)3)12-13-40(5)32(33(44)45)27-8-9-29(36)24(4)31(27)25-10-14-41(15-11-25)21-34(37,38)39/h6-9,20,22,25,30,32H,10-19,21H2,1-5H3,(H,44,45)/t30-,32-/m0/s1. The van der Waals surface area contributed by atoms with Gasteiger partial charge in [-0.15, -0.1) is 0 Å². The number of benzene rings is 2. The Balaban J connectivity index is 1.58. The molecule has 1 N–H and O–H groups in total. The summed E-state index contributed by atoms with van der Waals surface area (Å²) in [6.45, 7) is 11.7. The third-order valence-electron chi connectivity index (χ3n) is 9.73. The van der Waals surface area contributed by atoms with Gasteiger partial charge in [-0.25, -0.2) is 4.39 Å². The second-order valence-corrected chi connectivity index (χ2v) is 13.5. The summed E-state index contributed by atoms with van der Waals surface area (Å²) in [4.78, 5) is 21.0. The lowest BCUT2D eigenvalue weighted by molar-refractivity contribution is -0.148. The van der Waals surface area contributed by atoms with E-state index in [0.717, 1.165) is 37.3 Å². The van der Waals surface area contributed by atoms with E-state index in [-0.39, 0.29) is 25.0 Å². The Hall–Kier alpha value is -2.24. The van der Waals surface area contributed by atoms with Crippen molar-refractivity contribution in [3.8, 4) is 0 Å². The molecule has 0 bridgehead atoms. The van der Waals surface area contributed by atoms with Crippen LogP contribution in [0.15, 0.2) is 30.3 Å². The molecule has 0 spiro atoms. The minimum atomic E-state index is -4.28. The van der Waals surface area contributed by atoms with E-state index in [2.05, 4.69) is 30.6 Å². The molecule has 2 fully saturated rings. The number of aryl methyl sites for hydroxylation is 1. The third-order valence-corrected chi connectivity index (χ3v) is 9.96. The number of likely N-dealkylation sites (N-methyl/N-ethyl adjacent to an activating group) is 1. The lowest BCUT2D eigenvalue weighted by Gasteiger charge is -2.42. The Morgan fingerprint density at radius 1 is 1.00 bits per heavy atom. The van der Waals surface area contributed by atoms with Gasteiger partial charge in [0.05, 0.1) is 6.54 Å². The molecule has 0 aromatic heterocycles. The van der Waals surface area contributed by atoms with Crippen molar-refractivity contribution in [3.05, 3.63) is 69.0 Å². The fourth-order valence-corrected chi connectivity index (χ4v) is 7.40. The van der Waals surface area contributed by atoms with Crippen LogP contribution in [0.1, 0.15) is 78.9 Å². The number of carbonyl (C=O) groups is 1. The van der Waals surface area contributed by atoms with Crippen LogP contribution in [0, 0.1) is 19.7 Å². The van der Waals surface area contributed by atoms with Crippen molar-refractivity contribution in [2.24, 2.45) is 0 Å². The fourth-order valence-electron chi connectivity index (χ4n) is 7.22. The Labute approximate surface area is 269 Å². The average molecular weight is 655 g/mol. The smallest absolute Gasteiger partial charge is 0.401 e. The molecule has 2 saturated heterocycles. The zero-order valence-corrected chi connectivity index (χ0v) is 27.8. The van der Waals surface area contributed by atoms with Gasteiger partial charge >= 0.3 is 12.1 Å². The van der Waals surface area contributed by atoms with Gasteiger partial charge in [-0.1, -0.05) is 23.7 Å². The number of alkyl halides is 3. The summed E-state index contributed by atoms with van der Waals surface area (Å²) in [5, 5.41) is 11.2. The van der Waals surface area contributed by atoms with E-state index in [0.29, 0.717) is 53.6 Å². The van der Waals surface area contributed by atoms with Crippen LogP contribution < -0.4 is 0 Å². The highest BCUT2D eigenvalue weighted by atomic mass is 35.5. The fraction of sp³-hybridized carbons (Fsp3) is 0.618. The van der Waals surface area contributed by atoms with E-state index >= 15 is 0 Å². The molecular formula is C34H47ClF4N4O2. The predicted molar refractivity (Wildman–Crippen MR) is 170 cm³/mol. The average Bonchev–Trinajstić information content (AvgIpc) is 2.97. The van der Waals surface area contributed by atoms with Crippen molar-refractivity contribution in [3.63, 3.8) is 0 Å². The Bertz CT molecular complexity index is 1310. The van der Waals surface area contributed by atoms with E-state index < -0.39 is 30.5 Å². The Morgan fingerprint density at radius 2 is 1.62 bits per heavy atom. The molecular weight excluding hydrogens is 608 g/mol.